The van der Waals surface area contributed by atoms with Gasteiger partial charge in [-0.25, -0.2) is 0 Å². The fourth-order valence-electron chi connectivity index (χ4n) is 3.18. The number of H-pyrrole nitrogens is 1. The van der Waals surface area contributed by atoms with E-state index in [-0.39, 0.29) is 11.9 Å². The molecule has 0 radical (unpaired) electrons. The lowest BCUT2D eigenvalue weighted by Gasteiger charge is -2.32. The van der Waals surface area contributed by atoms with Crippen LogP contribution < -0.4 is 0 Å². The highest BCUT2D eigenvalue weighted by atomic mass is 16.5. The van der Waals surface area contributed by atoms with E-state index in [1.807, 2.05) is 37.3 Å². The summed E-state index contributed by atoms with van der Waals surface area (Å²) in [6, 6.07) is 11.2. The Labute approximate surface area is 145 Å². The topological polar surface area (TPSA) is 87.9 Å². The van der Waals surface area contributed by atoms with Gasteiger partial charge in [-0.15, -0.1) is 0 Å². The Morgan fingerprint density at radius 3 is 2.88 bits per heavy atom. The Morgan fingerprint density at radius 2 is 2.12 bits per heavy atom. The number of aromatic nitrogens is 4. The molecule has 0 aliphatic carbocycles. The maximum absolute atomic E-state index is 12.8. The smallest absolute Gasteiger partial charge is 0.275 e. The van der Waals surface area contributed by atoms with Crippen LogP contribution in [0.4, 0.5) is 0 Å². The van der Waals surface area contributed by atoms with Gasteiger partial charge in [0.1, 0.15) is 11.7 Å². The van der Waals surface area contributed by atoms with E-state index in [0.717, 1.165) is 30.5 Å². The van der Waals surface area contributed by atoms with Gasteiger partial charge < -0.3 is 9.42 Å². The third kappa shape index (κ3) is 3.05. The zero-order chi connectivity index (χ0) is 17.2. The van der Waals surface area contributed by atoms with E-state index in [9.17, 15) is 4.79 Å². The molecule has 1 N–H and O–H groups in total. The van der Waals surface area contributed by atoms with Crippen molar-refractivity contribution in [3.63, 3.8) is 0 Å². The number of hydrogen-bond donors (Lipinski definition) is 1. The van der Waals surface area contributed by atoms with Crippen molar-refractivity contribution in [1.29, 1.82) is 0 Å². The molecule has 1 fully saturated rings. The number of benzene rings is 1. The van der Waals surface area contributed by atoms with Crippen molar-refractivity contribution in [3.05, 3.63) is 53.7 Å². The van der Waals surface area contributed by atoms with Crippen molar-refractivity contribution in [2.45, 2.75) is 32.2 Å². The van der Waals surface area contributed by atoms with Gasteiger partial charge >= 0.3 is 0 Å². The van der Waals surface area contributed by atoms with Gasteiger partial charge in [0, 0.05) is 17.8 Å². The summed E-state index contributed by atoms with van der Waals surface area (Å²) < 4.78 is 5.50. The Hall–Kier alpha value is -2.96. The number of aromatic amines is 1. The summed E-state index contributed by atoms with van der Waals surface area (Å²) in [6.45, 7) is 2.54. The van der Waals surface area contributed by atoms with Crippen LogP contribution in [0.15, 0.2) is 40.9 Å². The molecule has 3 aromatic rings. The molecular formula is C18H19N5O2. The second-order valence-electron chi connectivity index (χ2n) is 6.27. The highest BCUT2D eigenvalue weighted by molar-refractivity contribution is 5.92. The van der Waals surface area contributed by atoms with Crippen LogP contribution in [-0.4, -0.2) is 37.7 Å². The van der Waals surface area contributed by atoms with Crippen LogP contribution in [0.5, 0.6) is 0 Å². The van der Waals surface area contributed by atoms with E-state index < -0.39 is 0 Å². The van der Waals surface area contributed by atoms with Crippen molar-refractivity contribution in [1.82, 2.24) is 25.2 Å². The van der Waals surface area contributed by atoms with Crippen LogP contribution in [0, 0.1) is 6.92 Å². The summed E-state index contributed by atoms with van der Waals surface area (Å²) in [6.07, 6.45) is 2.80. The molecular weight excluding hydrogens is 318 g/mol. The molecule has 0 unspecified atom stereocenters. The summed E-state index contributed by atoms with van der Waals surface area (Å²) in [5.41, 5.74) is 2.18. The molecule has 7 heteroatoms. The number of hydrogen-bond acceptors (Lipinski definition) is 5. The average molecular weight is 337 g/mol. The predicted molar refractivity (Wildman–Crippen MR) is 90.7 cm³/mol. The molecule has 1 aliphatic heterocycles. The molecule has 0 spiro atoms. The fourth-order valence-corrected chi connectivity index (χ4v) is 3.18. The first-order valence-corrected chi connectivity index (χ1v) is 8.44. The normalized spacial score (nSPS) is 17.6. The minimum Gasteiger partial charge on any atom is -0.337 e. The quantitative estimate of drug-likeness (QED) is 0.793. The SMILES string of the molecule is Cc1cc(C(=O)N2CCCC[C@@H]2c2nc(-c3ccccc3)no2)n[nH]1. The highest BCUT2D eigenvalue weighted by Crippen LogP contribution is 2.32. The zero-order valence-electron chi connectivity index (χ0n) is 14.0. The van der Waals surface area contributed by atoms with Crippen LogP contribution in [0.25, 0.3) is 11.4 Å². The first kappa shape index (κ1) is 15.6. The molecule has 4 rings (SSSR count). The van der Waals surface area contributed by atoms with Crippen molar-refractivity contribution in [3.8, 4) is 11.4 Å². The van der Waals surface area contributed by atoms with Gasteiger partial charge in [-0.05, 0) is 32.3 Å². The lowest BCUT2D eigenvalue weighted by atomic mass is 10.0. The predicted octanol–water partition coefficient (Wildman–Crippen LogP) is 3.14. The molecule has 1 amide bonds. The molecule has 3 heterocycles. The number of nitrogens with one attached hydrogen (secondary N) is 1. The Balaban J connectivity index is 1.61. The molecule has 0 saturated carbocycles. The molecule has 0 bridgehead atoms. The summed E-state index contributed by atoms with van der Waals surface area (Å²) >= 11 is 0. The average Bonchev–Trinajstić information content (AvgIpc) is 3.31. The fraction of sp³-hybridized carbons (Fsp3) is 0.333. The summed E-state index contributed by atoms with van der Waals surface area (Å²) in [5.74, 6) is 0.928. The summed E-state index contributed by atoms with van der Waals surface area (Å²) in [5, 5.41) is 11.0. The van der Waals surface area contributed by atoms with Crippen LogP contribution in [0.3, 0.4) is 0 Å². The maximum Gasteiger partial charge on any atom is 0.275 e. The number of amides is 1. The molecule has 25 heavy (non-hydrogen) atoms. The third-order valence-electron chi connectivity index (χ3n) is 4.45. The number of piperidine rings is 1. The second kappa shape index (κ2) is 6.51. The molecule has 1 atom stereocenters. The maximum atomic E-state index is 12.8. The zero-order valence-corrected chi connectivity index (χ0v) is 14.0. The van der Waals surface area contributed by atoms with Gasteiger partial charge in [0.25, 0.3) is 5.91 Å². The van der Waals surface area contributed by atoms with E-state index in [1.54, 1.807) is 11.0 Å². The van der Waals surface area contributed by atoms with Gasteiger partial charge in [-0.3, -0.25) is 9.89 Å². The minimum absolute atomic E-state index is 0.103. The number of aryl methyl sites for hydroxylation is 1. The molecule has 1 saturated heterocycles. The third-order valence-corrected chi connectivity index (χ3v) is 4.45. The van der Waals surface area contributed by atoms with Gasteiger partial charge in [0.15, 0.2) is 0 Å². The van der Waals surface area contributed by atoms with E-state index in [0.29, 0.717) is 24.0 Å². The van der Waals surface area contributed by atoms with Gasteiger partial charge in [-0.1, -0.05) is 35.5 Å². The molecule has 128 valence electrons. The first-order valence-electron chi connectivity index (χ1n) is 8.44. The number of carbonyl (C=O) groups excluding carboxylic acids is 1. The number of likely N-dealkylation sites (tertiary alicyclic amines) is 1. The summed E-state index contributed by atoms with van der Waals surface area (Å²) in [7, 11) is 0. The molecule has 7 nitrogen and oxygen atoms in total. The molecule has 1 aromatic carbocycles. The Kier molecular flexibility index (Phi) is 4.05. The molecule has 1 aliphatic rings. The van der Waals surface area contributed by atoms with Crippen LogP contribution in [0.1, 0.15) is 47.4 Å². The van der Waals surface area contributed by atoms with E-state index in [1.165, 1.54) is 0 Å². The van der Waals surface area contributed by atoms with Gasteiger partial charge in [0.05, 0.1) is 0 Å². The van der Waals surface area contributed by atoms with E-state index in [2.05, 4.69) is 20.3 Å². The number of rotatable bonds is 3. The Bertz CT molecular complexity index is 870. The van der Waals surface area contributed by atoms with Crippen LogP contribution in [-0.2, 0) is 0 Å². The van der Waals surface area contributed by atoms with Crippen LogP contribution in [0.2, 0.25) is 0 Å². The van der Waals surface area contributed by atoms with Gasteiger partial charge in [-0.2, -0.15) is 10.1 Å². The summed E-state index contributed by atoms with van der Waals surface area (Å²) in [4.78, 5) is 19.2. The highest BCUT2D eigenvalue weighted by Gasteiger charge is 2.33. The lowest BCUT2D eigenvalue weighted by molar-refractivity contribution is 0.0555. The second-order valence-corrected chi connectivity index (χ2v) is 6.27. The minimum atomic E-state index is -0.205. The van der Waals surface area contributed by atoms with Crippen molar-refractivity contribution in [2.24, 2.45) is 0 Å². The van der Waals surface area contributed by atoms with Crippen molar-refractivity contribution >= 4 is 5.91 Å². The largest absolute Gasteiger partial charge is 0.337 e. The lowest BCUT2D eigenvalue weighted by Crippen LogP contribution is -2.38. The van der Waals surface area contributed by atoms with Crippen molar-refractivity contribution < 1.29 is 9.32 Å². The van der Waals surface area contributed by atoms with E-state index >= 15 is 0 Å². The standard InChI is InChI=1S/C18H19N5O2/c1-12-11-14(21-20-12)18(24)23-10-6-5-9-15(23)17-19-16(22-25-17)13-7-3-2-4-8-13/h2-4,7-8,11,15H,5-6,9-10H2,1H3,(H,20,21)/t15-/m1/s1. The van der Waals surface area contributed by atoms with Crippen molar-refractivity contribution in [2.75, 3.05) is 6.54 Å². The number of nitrogens with zero attached hydrogens (tertiary/aromatic N) is 4. The monoisotopic (exact) mass is 337 g/mol. The van der Waals surface area contributed by atoms with Crippen LogP contribution >= 0.6 is 0 Å². The van der Waals surface area contributed by atoms with Gasteiger partial charge in [0.2, 0.25) is 11.7 Å². The van der Waals surface area contributed by atoms with E-state index in [4.69, 9.17) is 4.52 Å². The molecule has 2 aromatic heterocycles. The Morgan fingerprint density at radius 1 is 1.28 bits per heavy atom. The first-order chi connectivity index (χ1) is 12.2. The number of carbonyl (C=O) groups is 1.